The Morgan fingerprint density at radius 3 is 2.95 bits per heavy atom. The molecule has 0 bridgehead atoms. The van der Waals surface area contributed by atoms with Gasteiger partial charge < -0.3 is 19.5 Å². The minimum Gasteiger partial charge on any atom is -0.454 e. The first-order valence-corrected chi connectivity index (χ1v) is 6.52. The lowest BCUT2D eigenvalue weighted by Gasteiger charge is -2.07. The molecule has 1 aromatic rings. The zero-order valence-electron chi connectivity index (χ0n) is 10.9. The Morgan fingerprint density at radius 1 is 1.40 bits per heavy atom. The topological polar surface area (TPSA) is 73.9 Å². The Balaban J connectivity index is 1.96. The number of carbonyl (C=O) groups excluding carboxylic acids is 2. The van der Waals surface area contributed by atoms with Crippen LogP contribution in [0.15, 0.2) is 12.1 Å². The molecular formula is C13H14ClNO5. The van der Waals surface area contributed by atoms with Crippen LogP contribution >= 0.6 is 11.6 Å². The van der Waals surface area contributed by atoms with E-state index in [0.29, 0.717) is 18.0 Å². The van der Waals surface area contributed by atoms with Crippen LogP contribution in [-0.4, -0.2) is 31.8 Å². The first kappa shape index (κ1) is 14.5. The van der Waals surface area contributed by atoms with Crippen LogP contribution in [0.4, 0.5) is 0 Å². The van der Waals surface area contributed by atoms with Gasteiger partial charge in [-0.1, -0.05) is 18.5 Å². The predicted octanol–water partition coefficient (Wildman–Crippen LogP) is 1.75. The fourth-order valence-corrected chi connectivity index (χ4v) is 1.88. The Hall–Kier alpha value is -1.95. The van der Waals surface area contributed by atoms with E-state index in [1.165, 1.54) is 12.1 Å². The zero-order valence-corrected chi connectivity index (χ0v) is 11.7. The number of fused-ring (bicyclic) bond motifs is 1. The number of hydrogen-bond donors (Lipinski definition) is 1. The molecule has 2 rings (SSSR count). The van der Waals surface area contributed by atoms with Crippen molar-refractivity contribution in [1.82, 2.24) is 5.32 Å². The third kappa shape index (κ3) is 3.33. The van der Waals surface area contributed by atoms with Crippen LogP contribution in [0.2, 0.25) is 5.02 Å². The maximum absolute atomic E-state index is 11.8. The Kier molecular flexibility index (Phi) is 4.68. The SMILES string of the molecule is CCCNC(=O)COC(=O)c1cc(Cl)c2c(c1)OCO2. The van der Waals surface area contributed by atoms with Gasteiger partial charge in [0.25, 0.3) is 5.91 Å². The molecule has 0 saturated carbocycles. The second-order valence-electron chi connectivity index (χ2n) is 4.12. The van der Waals surface area contributed by atoms with Gasteiger partial charge >= 0.3 is 5.97 Å². The molecule has 0 aromatic heterocycles. The van der Waals surface area contributed by atoms with Gasteiger partial charge in [0.1, 0.15) is 0 Å². The molecule has 0 fully saturated rings. The van der Waals surface area contributed by atoms with Gasteiger partial charge in [0.2, 0.25) is 6.79 Å². The van der Waals surface area contributed by atoms with Crippen LogP contribution in [0.1, 0.15) is 23.7 Å². The van der Waals surface area contributed by atoms with E-state index in [2.05, 4.69) is 5.32 Å². The normalized spacial score (nSPS) is 12.1. The minimum absolute atomic E-state index is 0.0625. The molecule has 0 spiro atoms. The van der Waals surface area contributed by atoms with Crippen molar-refractivity contribution in [3.63, 3.8) is 0 Å². The van der Waals surface area contributed by atoms with E-state index in [4.69, 9.17) is 25.8 Å². The number of ether oxygens (including phenoxy) is 3. The molecule has 1 heterocycles. The first-order valence-electron chi connectivity index (χ1n) is 6.14. The highest BCUT2D eigenvalue weighted by Crippen LogP contribution is 2.39. The summed E-state index contributed by atoms with van der Waals surface area (Å²) in [5.74, 6) is -0.187. The molecule has 7 heteroatoms. The highest BCUT2D eigenvalue weighted by atomic mass is 35.5. The van der Waals surface area contributed by atoms with Crippen LogP contribution in [0, 0.1) is 0 Å². The fourth-order valence-electron chi connectivity index (χ4n) is 1.62. The van der Waals surface area contributed by atoms with E-state index in [-0.39, 0.29) is 29.9 Å². The lowest BCUT2D eigenvalue weighted by molar-refractivity contribution is -0.124. The number of carbonyl (C=O) groups is 2. The minimum atomic E-state index is -0.642. The number of esters is 1. The summed E-state index contributed by atoms with van der Waals surface area (Å²) < 4.78 is 15.2. The monoisotopic (exact) mass is 299 g/mol. The van der Waals surface area contributed by atoms with Crippen molar-refractivity contribution in [2.75, 3.05) is 19.9 Å². The van der Waals surface area contributed by atoms with Crippen LogP contribution in [-0.2, 0) is 9.53 Å². The van der Waals surface area contributed by atoms with Crippen LogP contribution in [0.25, 0.3) is 0 Å². The molecule has 0 radical (unpaired) electrons. The maximum Gasteiger partial charge on any atom is 0.338 e. The first-order chi connectivity index (χ1) is 9.61. The van der Waals surface area contributed by atoms with Crippen molar-refractivity contribution < 1.29 is 23.8 Å². The standard InChI is InChI=1S/C13H14ClNO5/c1-2-3-15-11(16)6-18-13(17)8-4-9(14)12-10(5-8)19-7-20-12/h4-5H,2-3,6-7H2,1H3,(H,15,16). The van der Waals surface area contributed by atoms with Gasteiger partial charge in [-0.25, -0.2) is 4.79 Å². The summed E-state index contributed by atoms with van der Waals surface area (Å²) in [5, 5.41) is 2.87. The highest BCUT2D eigenvalue weighted by molar-refractivity contribution is 6.32. The number of hydrogen-bond acceptors (Lipinski definition) is 5. The van der Waals surface area contributed by atoms with E-state index in [0.717, 1.165) is 6.42 Å². The summed E-state index contributed by atoms with van der Waals surface area (Å²) in [6, 6.07) is 2.89. The third-order valence-corrected chi connectivity index (χ3v) is 2.85. The van der Waals surface area contributed by atoms with E-state index < -0.39 is 5.97 Å². The number of rotatable bonds is 5. The summed E-state index contributed by atoms with van der Waals surface area (Å²) in [7, 11) is 0. The molecule has 1 amide bonds. The summed E-state index contributed by atoms with van der Waals surface area (Å²) in [4.78, 5) is 23.2. The Labute approximate surface area is 120 Å². The second-order valence-corrected chi connectivity index (χ2v) is 4.53. The maximum atomic E-state index is 11.8. The molecule has 1 aromatic carbocycles. The zero-order chi connectivity index (χ0) is 14.5. The summed E-state index contributed by atoms with van der Waals surface area (Å²) in [6.07, 6.45) is 0.817. The van der Waals surface area contributed by atoms with E-state index >= 15 is 0 Å². The molecule has 1 aliphatic rings. The second kappa shape index (κ2) is 6.47. The number of halogens is 1. The lowest BCUT2D eigenvalue weighted by Crippen LogP contribution is -2.29. The van der Waals surface area contributed by atoms with Gasteiger partial charge in [0.05, 0.1) is 10.6 Å². The summed E-state index contributed by atoms with van der Waals surface area (Å²) in [6.45, 7) is 2.21. The third-order valence-electron chi connectivity index (χ3n) is 2.57. The summed E-state index contributed by atoms with van der Waals surface area (Å²) in [5.41, 5.74) is 0.211. The Morgan fingerprint density at radius 2 is 2.20 bits per heavy atom. The van der Waals surface area contributed by atoms with E-state index in [1.54, 1.807) is 0 Å². The van der Waals surface area contributed by atoms with Crippen molar-refractivity contribution in [1.29, 1.82) is 0 Å². The molecule has 20 heavy (non-hydrogen) atoms. The Bertz CT molecular complexity index is 532. The molecule has 6 nitrogen and oxygen atoms in total. The molecule has 108 valence electrons. The smallest absolute Gasteiger partial charge is 0.338 e. The van der Waals surface area contributed by atoms with Gasteiger partial charge in [-0.3, -0.25) is 4.79 Å². The quantitative estimate of drug-likeness (QED) is 0.839. The van der Waals surface area contributed by atoms with E-state index in [9.17, 15) is 9.59 Å². The molecule has 1 N–H and O–H groups in total. The van der Waals surface area contributed by atoms with Gasteiger partial charge in [-0.05, 0) is 18.6 Å². The van der Waals surface area contributed by atoms with Gasteiger partial charge in [0.15, 0.2) is 18.1 Å². The van der Waals surface area contributed by atoms with Crippen molar-refractivity contribution in [3.05, 3.63) is 22.7 Å². The average Bonchev–Trinajstić information content (AvgIpc) is 2.91. The van der Waals surface area contributed by atoms with Crippen LogP contribution in [0.3, 0.4) is 0 Å². The number of benzene rings is 1. The van der Waals surface area contributed by atoms with Crippen molar-refractivity contribution in [2.45, 2.75) is 13.3 Å². The van der Waals surface area contributed by atoms with Crippen LogP contribution < -0.4 is 14.8 Å². The molecule has 0 atom stereocenters. The van der Waals surface area contributed by atoms with Crippen molar-refractivity contribution in [2.24, 2.45) is 0 Å². The molecular weight excluding hydrogens is 286 g/mol. The average molecular weight is 300 g/mol. The van der Waals surface area contributed by atoms with Gasteiger partial charge in [-0.15, -0.1) is 0 Å². The highest BCUT2D eigenvalue weighted by Gasteiger charge is 2.21. The fraction of sp³-hybridized carbons (Fsp3) is 0.385. The largest absolute Gasteiger partial charge is 0.454 e. The molecule has 0 saturated heterocycles. The van der Waals surface area contributed by atoms with E-state index in [1.807, 2.05) is 6.92 Å². The van der Waals surface area contributed by atoms with Gasteiger partial charge in [0, 0.05) is 6.54 Å². The molecule has 0 aliphatic carbocycles. The predicted molar refractivity (Wildman–Crippen MR) is 71.2 cm³/mol. The van der Waals surface area contributed by atoms with Crippen molar-refractivity contribution in [3.8, 4) is 11.5 Å². The van der Waals surface area contributed by atoms with Gasteiger partial charge in [-0.2, -0.15) is 0 Å². The number of nitrogens with one attached hydrogen (secondary N) is 1. The molecule has 0 unspecified atom stereocenters. The van der Waals surface area contributed by atoms with Crippen LogP contribution in [0.5, 0.6) is 11.5 Å². The van der Waals surface area contributed by atoms with Crippen molar-refractivity contribution >= 4 is 23.5 Å². The lowest BCUT2D eigenvalue weighted by atomic mass is 10.2. The molecule has 1 aliphatic heterocycles. The summed E-state index contributed by atoms with van der Waals surface area (Å²) >= 11 is 5.96. The number of amides is 1.